The van der Waals surface area contributed by atoms with Crippen LogP contribution in [0.1, 0.15) is 5.56 Å². The quantitative estimate of drug-likeness (QED) is 0.431. The van der Waals surface area contributed by atoms with Gasteiger partial charge >= 0.3 is 6.09 Å². The van der Waals surface area contributed by atoms with Gasteiger partial charge in [0.2, 0.25) is 0 Å². The molecule has 6 heteroatoms. The van der Waals surface area contributed by atoms with Gasteiger partial charge in [0.05, 0.1) is 0 Å². The summed E-state index contributed by atoms with van der Waals surface area (Å²) in [5, 5.41) is 0. The van der Waals surface area contributed by atoms with Crippen LogP contribution in [0.25, 0.3) is 0 Å². The summed E-state index contributed by atoms with van der Waals surface area (Å²) in [6.45, 7) is 0.255. The maximum atomic E-state index is 10.9. The summed E-state index contributed by atoms with van der Waals surface area (Å²) in [5.41, 5.74) is 5.73. The molecule has 0 radical (unpaired) electrons. The second-order valence-electron chi connectivity index (χ2n) is 2.69. The molecule has 1 aromatic rings. The lowest BCUT2D eigenvalue weighted by atomic mass is 10.2. The fraction of sp³-hybridized carbons (Fsp3) is 0.222. The van der Waals surface area contributed by atoms with Gasteiger partial charge in [-0.05, 0) is 17.7 Å². The molecule has 0 aliphatic rings. The van der Waals surface area contributed by atoms with Crippen molar-refractivity contribution in [3.63, 3.8) is 0 Å². The number of rotatable bonds is 4. The first-order valence-electron chi connectivity index (χ1n) is 4.26. The molecule has 0 aliphatic heterocycles. The van der Waals surface area contributed by atoms with Crippen molar-refractivity contribution in [2.45, 2.75) is 11.5 Å². The molecule has 0 atom stereocenters. The first kappa shape index (κ1) is 12.2. The molecule has 1 amide bonds. The molecule has 0 unspecified atom stereocenters. The Hall–Kier alpha value is -0.850. The van der Waals surface area contributed by atoms with E-state index in [4.69, 9.17) is 4.74 Å². The van der Waals surface area contributed by atoms with Crippen molar-refractivity contribution >= 4 is 28.5 Å². The van der Waals surface area contributed by atoms with E-state index < -0.39 is 6.09 Å². The SMILES string of the molecule is CNNC(=O)OCc1ccc(SS)cc1. The van der Waals surface area contributed by atoms with E-state index in [9.17, 15) is 4.79 Å². The molecule has 4 nitrogen and oxygen atoms in total. The minimum absolute atomic E-state index is 0.255. The molecule has 0 saturated carbocycles. The van der Waals surface area contributed by atoms with E-state index >= 15 is 0 Å². The third-order valence-electron chi connectivity index (χ3n) is 1.63. The molecule has 0 aromatic heterocycles. The van der Waals surface area contributed by atoms with Crippen molar-refractivity contribution in [1.29, 1.82) is 0 Å². The van der Waals surface area contributed by atoms with E-state index in [0.717, 1.165) is 10.5 Å². The van der Waals surface area contributed by atoms with Crippen LogP contribution in [0.15, 0.2) is 29.2 Å². The van der Waals surface area contributed by atoms with Gasteiger partial charge in [-0.3, -0.25) is 5.43 Å². The number of amides is 1. The number of hydrogen-bond acceptors (Lipinski definition) is 5. The largest absolute Gasteiger partial charge is 0.444 e. The molecule has 0 bridgehead atoms. The van der Waals surface area contributed by atoms with Gasteiger partial charge in [-0.2, -0.15) is 0 Å². The van der Waals surface area contributed by atoms with Crippen LogP contribution in [0.3, 0.4) is 0 Å². The van der Waals surface area contributed by atoms with Crippen LogP contribution < -0.4 is 10.9 Å². The summed E-state index contributed by atoms with van der Waals surface area (Å²) in [6, 6.07) is 7.63. The lowest BCUT2D eigenvalue weighted by Crippen LogP contribution is -2.34. The Morgan fingerprint density at radius 3 is 2.67 bits per heavy atom. The summed E-state index contributed by atoms with van der Waals surface area (Å²) in [7, 11) is 2.97. The van der Waals surface area contributed by atoms with Crippen molar-refractivity contribution in [2.24, 2.45) is 0 Å². The van der Waals surface area contributed by atoms with Crippen LogP contribution in [0, 0.1) is 0 Å². The Morgan fingerprint density at radius 1 is 1.47 bits per heavy atom. The zero-order valence-electron chi connectivity index (χ0n) is 8.19. The summed E-state index contributed by atoms with van der Waals surface area (Å²) >= 11 is 4.07. The molecule has 0 spiro atoms. The third-order valence-corrected chi connectivity index (χ3v) is 2.74. The summed E-state index contributed by atoms with van der Waals surface area (Å²) in [4.78, 5) is 12.0. The second-order valence-corrected chi connectivity index (χ2v) is 3.89. The smallest absolute Gasteiger partial charge is 0.421 e. The molecule has 0 fully saturated rings. The van der Waals surface area contributed by atoms with Gasteiger partial charge < -0.3 is 4.74 Å². The Labute approximate surface area is 97.5 Å². The average molecular weight is 244 g/mol. The molecular formula is C9H12N2O2S2. The first-order chi connectivity index (χ1) is 7.26. The van der Waals surface area contributed by atoms with Crippen LogP contribution in [-0.2, 0) is 11.3 Å². The van der Waals surface area contributed by atoms with Gasteiger partial charge in [-0.1, -0.05) is 22.9 Å². The molecule has 0 saturated heterocycles. The lowest BCUT2D eigenvalue weighted by molar-refractivity contribution is 0.136. The van der Waals surface area contributed by atoms with Gasteiger partial charge in [0.15, 0.2) is 0 Å². The summed E-state index contributed by atoms with van der Waals surface area (Å²) in [6.07, 6.45) is -0.495. The van der Waals surface area contributed by atoms with Crippen molar-refractivity contribution in [3.05, 3.63) is 29.8 Å². The van der Waals surface area contributed by atoms with Crippen LogP contribution in [0.4, 0.5) is 4.79 Å². The molecule has 2 N–H and O–H groups in total. The number of carbonyl (C=O) groups excluding carboxylic acids is 1. The summed E-state index contributed by atoms with van der Waals surface area (Å²) in [5.74, 6) is 0. The average Bonchev–Trinajstić information content (AvgIpc) is 2.27. The van der Waals surface area contributed by atoms with Crippen LogP contribution in [0.5, 0.6) is 0 Å². The number of ether oxygens (including phenoxy) is 1. The van der Waals surface area contributed by atoms with Crippen LogP contribution in [-0.4, -0.2) is 13.1 Å². The fourth-order valence-electron chi connectivity index (χ4n) is 0.934. The normalized spacial score (nSPS) is 9.73. The number of nitrogens with one attached hydrogen (secondary N) is 2. The van der Waals surface area contributed by atoms with E-state index in [1.807, 2.05) is 24.3 Å². The Balaban J connectivity index is 2.40. The van der Waals surface area contributed by atoms with E-state index in [2.05, 4.69) is 22.5 Å². The number of carbonyl (C=O) groups is 1. The van der Waals surface area contributed by atoms with Gasteiger partial charge in [0, 0.05) is 11.9 Å². The van der Waals surface area contributed by atoms with Crippen LogP contribution >= 0.6 is 22.5 Å². The second kappa shape index (κ2) is 6.60. The number of thiol groups is 1. The van der Waals surface area contributed by atoms with Gasteiger partial charge in [-0.15, -0.1) is 11.7 Å². The maximum absolute atomic E-state index is 10.9. The van der Waals surface area contributed by atoms with Crippen molar-refractivity contribution in [3.8, 4) is 0 Å². The predicted octanol–water partition coefficient (Wildman–Crippen LogP) is 1.98. The minimum atomic E-state index is -0.495. The Morgan fingerprint density at radius 2 is 2.13 bits per heavy atom. The Kier molecular flexibility index (Phi) is 5.38. The monoisotopic (exact) mass is 244 g/mol. The van der Waals surface area contributed by atoms with E-state index in [1.54, 1.807) is 7.05 Å². The zero-order valence-corrected chi connectivity index (χ0v) is 9.90. The van der Waals surface area contributed by atoms with Crippen molar-refractivity contribution in [1.82, 2.24) is 10.9 Å². The molecule has 15 heavy (non-hydrogen) atoms. The number of hydrazine groups is 1. The highest BCUT2D eigenvalue weighted by Gasteiger charge is 2.00. The number of hydrogen-bond donors (Lipinski definition) is 3. The van der Waals surface area contributed by atoms with E-state index in [1.165, 1.54) is 10.8 Å². The zero-order chi connectivity index (χ0) is 11.1. The van der Waals surface area contributed by atoms with Gasteiger partial charge in [0.1, 0.15) is 6.61 Å². The van der Waals surface area contributed by atoms with Crippen LogP contribution in [0.2, 0.25) is 0 Å². The van der Waals surface area contributed by atoms with Crippen molar-refractivity contribution < 1.29 is 9.53 Å². The molecular weight excluding hydrogens is 232 g/mol. The molecule has 0 aliphatic carbocycles. The predicted molar refractivity (Wildman–Crippen MR) is 63.7 cm³/mol. The highest BCUT2D eigenvalue weighted by molar-refractivity contribution is 8.68. The fourth-order valence-corrected chi connectivity index (χ4v) is 1.56. The molecule has 1 aromatic carbocycles. The minimum Gasteiger partial charge on any atom is -0.444 e. The lowest BCUT2D eigenvalue weighted by Gasteiger charge is -2.05. The molecule has 82 valence electrons. The van der Waals surface area contributed by atoms with E-state index in [-0.39, 0.29) is 6.61 Å². The highest BCUT2D eigenvalue weighted by atomic mass is 33.1. The number of benzene rings is 1. The maximum Gasteiger partial charge on any atom is 0.421 e. The molecule has 0 heterocycles. The highest BCUT2D eigenvalue weighted by Crippen LogP contribution is 2.21. The first-order valence-corrected chi connectivity index (χ1v) is 6.13. The van der Waals surface area contributed by atoms with Gasteiger partial charge in [0.25, 0.3) is 0 Å². The van der Waals surface area contributed by atoms with E-state index in [0.29, 0.717) is 0 Å². The third kappa shape index (κ3) is 4.46. The van der Waals surface area contributed by atoms with Crippen molar-refractivity contribution in [2.75, 3.05) is 7.05 Å². The van der Waals surface area contributed by atoms with Gasteiger partial charge in [-0.25, -0.2) is 10.2 Å². The topological polar surface area (TPSA) is 50.4 Å². The summed E-state index contributed by atoms with van der Waals surface area (Å²) < 4.78 is 4.90. The molecule has 1 rings (SSSR count). The standard InChI is InChI=1S/C9H12N2O2S2/c1-10-11-9(12)13-6-7-2-4-8(15-14)5-3-7/h2-5,10,14H,6H2,1H3,(H,11,12). The Bertz CT molecular complexity index is 316.